The number of aryl methyl sites for hydroxylation is 1. The molecule has 1 aliphatic rings. The van der Waals surface area contributed by atoms with Crippen LogP contribution in [0.2, 0.25) is 0 Å². The molecule has 0 spiro atoms. The number of hydrogen-bond acceptors (Lipinski definition) is 4. The Hall–Kier alpha value is -1.39. The van der Waals surface area contributed by atoms with Gasteiger partial charge in [0.1, 0.15) is 0 Å². The van der Waals surface area contributed by atoms with Gasteiger partial charge in [-0.15, -0.1) is 0 Å². The molecule has 2 heterocycles. The molecule has 0 amide bonds. The van der Waals surface area contributed by atoms with Gasteiger partial charge in [-0.05, 0) is 25.8 Å². The van der Waals surface area contributed by atoms with Gasteiger partial charge in [0.05, 0.1) is 17.7 Å². The Bertz CT molecular complexity index is 576. The summed E-state index contributed by atoms with van der Waals surface area (Å²) in [7, 11) is -1.88. The Kier molecular flexibility index (Phi) is 3.17. The summed E-state index contributed by atoms with van der Waals surface area (Å²) < 4.78 is 27.5. The fraction of sp³-hybridized carbons (Fsp3) is 0.636. The van der Waals surface area contributed by atoms with Crippen LogP contribution >= 0.6 is 0 Å². The Morgan fingerprint density at radius 3 is 2.50 bits per heavy atom. The fourth-order valence-corrected chi connectivity index (χ4v) is 3.62. The van der Waals surface area contributed by atoms with E-state index >= 15 is 0 Å². The largest absolute Gasteiger partial charge is 0.260 e. The van der Waals surface area contributed by atoms with Crippen LogP contribution in [0.3, 0.4) is 0 Å². The summed E-state index contributed by atoms with van der Waals surface area (Å²) in [5, 5.41) is 13.1. The van der Waals surface area contributed by atoms with Crippen molar-refractivity contribution in [3.8, 4) is 6.07 Å². The van der Waals surface area contributed by atoms with E-state index in [0.29, 0.717) is 25.9 Å². The van der Waals surface area contributed by atoms with Crippen molar-refractivity contribution in [1.29, 1.82) is 5.26 Å². The third kappa shape index (κ3) is 2.13. The van der Waals surface area contributed by atoms with E-state index in [-0.39, 0.29) is 5.03 Å². The number of nitrogens with zero attached hydrogens (tertiary/aromatic N) is 4. The average Bonchev–Trinajstić information content (AvgIpc) is 2.77. The summed E-state index contributed by atoms with van der Waals surface area (Å²) in [6, 6.07) is 3.75. The maximum atomic E-state index is 12.4. The SMILES string of the molecule is Cn1nccc1S(=O)(=O)N1CCC(C)(C#N)CC1. The second-order valence-corrected chi connectivity index (χ2v) is 6.75. The third-order valence-corrected chi connectivity index (χ3v) is 5.45. The van der Waals surface area contributed by atoms with Gasteiger partial charge in [0.2, 0.25) is 0 Å². The van der Waals surface area contributed by atoms with E-state index in [1.807, 2.05) is 6.92 Å². The number of piperidine rings is 1. The first-order valence-corrected chi connectivity index (χ1v) is 7.22. The normalized spacial score (nSPS) is 20.5. The Morgan fingerprint density at radius 1 is 1.44 bits per heavy atom. The van der Waals surface area contributed by atoms with Gasteiger partial charge in [0, 0.05) is 20.1 Å². The molecule has 0 aromatic carbocycles. The maximum Gasteiger partial charge on any atom is 0.260 e. The van der Waals surface area contributed by atoms with Crippen molar-refractivity contribution < 1.29 is 8.42 Å². The number of aromatic nitrogens is 2. The second-order valence-electron chi connectivity index (χ2n) is 4.87. The predicted molar refractivity (Wildman–Crippen MR) is 64.9 cm³/mol. The van der Waals surface area contributed by atoms with Gasteiger partial charge in [-0.2, -0.15) is 14.7 Å². The van der Waals surface area contributed by atoms with Gasteiger partial charge in [0.15, 0.2) is 5.03 Å². The lowest BCUT2D eigenvalue weighted by Gasteiger charge is -2.33. The zero-order chi connectivity index (χ0) is 13.4. The minimum atomic E-state index is -3.48. The zero-order valence-corrected chi connectivity index (χ0v) is 11.3. The van der Waals surface area contributed by atoms with Crippen LogP contribution in [0.1, 0.15) is 19.8 Å². The summed E-state index contributed by atoms with van der Waals surface area (Å²) in [4.78, 5) is 0. The van der Waals surface area contributed by atoms with Gasteiger partial charge in [-0.1, -0.05) is 0 Å². The average molecular weight is 268 g/mol. The number of hydrogen-bond donors (Lipinski definition) is 0. The molecular formula is C11H16N4O2S. The van der Waals surface area contributed by atoms with Crippen LogP contribution in [0.5, 0.6) is 0 Å². The molecule has 0 aliphatic carbocycles. The van der Waals surface area contributed by atoms with E-state index in [0.717, 1.165) is 0 Å². The first-order valence-electron chi connectivity index (χ1n) is 5.78. The molecule has 98 valence electrons. The van der Waals surface area contributed by atoms with Crippen LogP contribution in [0.15, 0.2) is 17.3 Å². The molecule has 0 unspecified atom stereocenters. The van der Waals surface area contributed by atoms with Crippen LogP contribution in [0, 0.1) is 16.7 Å². The lowest BCUT2D eigenvalue weighted by molar-refractivity contribution is 0.231. The van der Waals surface area contributed by atoms with Gasteiger partial charge < -0.3 is 0 Å². The maximum absolute atomic E-state index is 12.4. The third-order valence-electron chi connectivity index (χ3n) is 3.48. The molecule has 7 heteroatoms. The molecule has 0 N–H and O–H groups in total. The molecule has 2 rings (SSSR count). The minimum absolute atomic E-state index is 0.197. The molecule has 0 atom stereocenters. The Morgan fingerprint density at radius 2 is 2.06 bits per heavy atom. The quantitative estimate of drug-likeness (QED) is 0.792. The summed E-state index contributed by atoms with van der Waals surface area (Å²) in [6.07, 6.45) is 2.61. The fourth-order valence-electron chi connectivity index (χ4n) is 2.08. The predicted octanol–water partition coefficient (Wildman–Crippen LogP) is 0.734. The van der Waals surface area contributed by atoms with Crippen LogP contribution in [-0.4, -0.2) is 35.6 Å². The molecule has 0 saturated carbocycles. The van der Waals surface area contributed by atoms with Gasteiger partial charge in [-0.25, -0.2) is 8.42 Å². The van der Waals surface area contributed by atoms with Crippen molar-refractivity contribution in [2.24, 2.45) is 12.5 Å². The van der Waals surface area contributed by atoms with E-state index in [1.165, 1.54) is 21.3 Å². The van der Waals surface area contributed by atoms with Crippen molar-refractivity contribution >= 4 is 10.0 Å². The van der Waals surface area contributed by atoms with Crippen LogP contribution in [0.25, 0.3) is 0 Å². The molecule has 6 nitrogen and oxygen atoms in total. The van der Waals surface area contributed by atoms with Gasteiger partial charge in [0.25, 0.3) is 10.0 Å². The van der Waals surface area contributed by atoms with E-state index < -0.39 is 15.4 Å². The molecule has 18 heavy (non-hydrogen) atoms. The summed E-state index contributed by atoms with van der Waals surface area (Å²) in [5.74, 6) is 0. The first-order chi connectivity index (χ1) is 8.39. The number of rotatable bonds is 2. The van der Waals surface area contributed by atoms with Crippen LogP contribution < -0.4 is 0 Å². The highest BCUT2D eigenvalue weighted by atomic mass is 32.2. The highest BCUT2D eigenvalue weighted by Gasteiger charge is 2.36. The summed E-state index contributed by atoms with van der Waals surface area (Å²) in [6.45, 7) is 2.65. The highest BCUT2D eigenvalue weighted by molar-refractivity contribution is 7.89. The lowest BCUT2D eigenvalue weighted by atomic mass is 9.83. The lowest BCUT2D eigenvalue weighted by Crippen LogP contribution is -2.42. The van der Waals surface area contributed by atoms with Gasteiger partial charge in [-0.3, -0.25) is 4.68 Å². The van der Waals surface area contributed by atoms with Gasteiger partial charge >= 0.3 is 0 Å². The first kappa shape index (κ1) is 13.1. The van der Waals surface area contributed by atoms with Crippen molar-refractivity contribution in [2.45, 2.75) is 24.8 Å². The Labute approximate surface area is 107 Å². The number of nitriles is 1. The second kappa shape index (κ2) is 4.37. The number of sulfonamides is 1. The molecule has 0 bridgehead atoms. The van der Waals surface area contributed by atoms with Crippen LogP contribution in [-0.2, 0) is 17.1 Å². The van der Waals surface area contributed by atoms with Crippen molar-refractivity contribution in [2.75, 3.05) is 13.1 Å². The van der Waals surface area contributed by atoms with Crippen molar-refractivity contribution in [3.05, 3.63) is 12.3 Å². The molecule has 1 aromatic rings. The van der Waals surface area contributed by atoms with E-state index in [1.54, 1.807) is 7.05 Å². The molecule has 1 saturated heterocycles. The van der Waals surface area contributed by atoms with Crippen molar-refractivity contribution in [1.82, 2.24) is 14.1 Å². The molecular weight excluding hydrogens is 252 g/mol. The smallest absolute Gasteiger partial charge is 0.256 e. The monoisotopic (exact) mass is 268 g/mol. The van der Waals surface area contributed by atoms with E-state index in [9.17, 15) is 8.42 Å². The molecule has 1 fully saturated rings. The summed E-state index contributed by atoms with van der Waals surface area (Å²) in [5.41, 5.74) is -0.404. The minimum Gasteiger partial charge on any atom is -0.256 e. The highest BCUT2D eigenvalue weighted by Crippen LogP contribution is 2.32. The zero-order valence-electron chi connectivity index (χ0n) is 10.5. The topological polar surface area (TPSA) is 79.0 Å². The standard InChI is InChI=1S/C11H16N4O2S/c1-11(9-12)4-7-15(8-5-11)18(16,17)10-3-6-13-14(10)2/h3,6H,4-5,7-8H2,1-2H3. The molecule has 1 aromatic heterocycles. The van der Waals surface area contributed by atoms with E-state index in [4.69, 9.17) is 5.26 Å². The Balaban J connectivity index is 2.21. The summed E-state index contributed by atoms with van der Waals surface area (Å²) >= 11 is 0. The van der Waals surface area contributed by atoms with E-state index in [2.05, 4.69) is 11.2 Å². The van der Waals surface area contributed by atoms with Crippen molar-refractivity contribution in [3.63, 3.8) is 0 Å². The molecule has 1 aliphatic heterocycles. The van der Waals surface area contributed by atoms with Crippen LogP contribution in [0.4, 0.5) is 0 Å². The molecule has 0 radical (unpaired) electrons.